The largest absolute Gasteiger partial charge is 0.479 e. The predicted octanol–water partition coefficient (Wildman–Crippen LogP) is 0.734. The van der Waals surface area contributed by atoms with Gasteiger partial charge in [0, 0.05) is 20.2 Å². The van der Waals surface area contributed by atoms with Crippen molar-refractivity contribution in [2.24, 2.45) is 14.1 Å². The van der Waals surface area contributed by atoms with E-state index in [-0.39, 0.29) is 12.3 Å². The molecule has 0 saturated carbocycles. The third kappa shape index (κ3) is 3.89. The Morgan fingerprint density at radius 2 is 1.79 bits per heavy atom. The zero-order valence-corrected chi connectivity index (χ0v) is 13.5. The van der Waals surface area contributed by atoms with E-state index in [0.717, 1.165) is 4.57 Å². The summed E-state index contributed by atoms with van der Waals surface area (Å²) in [7, 11) is 2.84. The molecule has 0 bridgehead atoms. The Morgan fingerprint density at radius 3 is 2.42 bits per heavy atom. The van der Waals surface area contributed by atoms with Crippen LogP contribution in [0.15, 0.2) is 39.9 Å². The van der Waals surface area contributed by atoms with Gasteiger partial charge in [0.05, 0.1) is 5.69 Å². The standard InChI is InChI=1S/C16H17FN2O5/c1-10(24-13-6-4-11(17)5-7-13)15(21)23-9-12-8-14(20)19(3)16(22)18(12)2/h4-8,10H,9H2,1-3H3. The number of hydrogen-bond acceptors (Lipinski definition) is 5. The smallest absolute Gasteiger partial charge is 0.347 e. The fraction of sp³-hybridized carbons (Fsp3) is 0.312. The van der Waals surface area contributed by atoms with Crippen molar-refractivity contribution in [3.63, 3.8) is 0 Å². The highest BCUT2D eigenvalue weighted by atomic mass is 19.1. The Labute approximate surface area is 136 Å². The van der Waals surface area contributed by atoms with E-state index >= 15 is 0 Å². The molecule has 0 aliphatic heterocycles. The van der Waals surface area contributed by atoms with Gasteiger partial charge in [-0.2, -0.15) is 0 Å². The Hall–Kier alpha value is -2.90. The first-order valence-electron chi connectivity index (χ1n) is 7.14. The lowest BCUT2D eigenvalue weighted by atomic mass is 10.3. The zero-order chi connectivity index (χ0) is 17.9. The predicted molar refractivity (Wildman–Crippen MR) is 83.2 cm³/mol. The lowest BCUT2D eigenvalue weighted by molar-refractivity contribution is -0.152. The molecule has 1 atom stereocenters. The maximum absolute atomic E-state index is 12.8. The first-order chi connectivity index (χ1) is 11.3. The van der Waals surface area contributed by atoms with Gasteiger partial charge < -0.3 is 9.47 Å². The molecule has 24 heavy (non-hydrogen) atoms. The van der Waals surface area contributed by atoms with E-state index in [1.807, 2.05) is 0 Å². The lowest BCUT2D eigenvalue weighted by Crippen LogP contribution is -2.38. The summed E-state index contributed by atoms with van der Waals surface area (Å²) in [5.41, 5.74) is -0.727. The van der Waals surface area contributed by atoms with Crippen LogP contribution in [0.1, 0.15) is 12.6 Å². The highest BCUT2D eigenvalue weighted by molar-refractivity contribution is 5.74. The van der Waals surface area contributed by atoms with Crippen molar-refractivity contribution in [3.8, 4) is 5.75 Å². The van der Waals surface area contributed by atoms with Crippen molar-refractivity contribution in [2.45, 2.75) is 19.6 Å². The fourth-order valence-electron chi connectivity index (χ4n) is 1.94. The number of halogens is 1. The molecule has 128 valence electrons. The molecule has 2 aromatic rings. The summed E-state index contributed by atoms with van der Waals surface area (Å²) < 4.78 is 25.4. The van der Waals surface area contributed by atoms with Gasteiger partial charge in [-0.15, -0.1) is 0 Å². The molecule has 1 heterocycles. The van der Waals surface area contributed by atoms with Gasteiger partial charge in [-0.25, -0.2) is 14.0 Å². The average molecular weight is 336 g/mol. The van der Waals surface area contributed by atoms with Crippen LogP contribution in [0.25, 0.3) is 0 Å². The SMILES string of the molecule is CC(Oc1ccc(F)cc1)C(=O)OCc1cc(=O)n(C)c(=O)n1C. The number of nitrogens with zero attached hydrogens (tertiary/aromatic N) is 2. The van der Waals surface area contributed by atoms with Gasteiger partial charge >= 0.3 is 11.7 Å². The van der Waals surface area contributed by atoms with Crippen LogP contribution in [0.3, 0.4) is 0 Å². The quantitative estimate of drug-likeness (QED) is 0.752. The molecule has 0 N–H and O–H groups in total. The molecular formula is C16H17FN2O5. The van der Waals surface area contributed by atoms with Gasteiger partial charge in [-0.1, -0.05) is 0 Å². The topological polar surface area (TPSA) is 79.5 Å². The van der Waals surface area contributed by atoms with Crippen LogP contribution in [-0.2, 0) is 30.2 Å². The van der Waals surface area contributed by atoms with Gasteiger partial charge in [0.15, 0.2) is 6.10 Å². The van der Waals surface area contributed by atoms with E-state index in [2.05, 4.69) is 0 Å². The van der Waals surface area contributed by atoms with Gasteiger partial charge in [0.1, 0.15) is 18.2 Å². The molecule has 8 heteroatoms. The van der Waals surface area contributed by atoms with Crippen LogP contribution in [0.5, 0.6) is 5.75 Å². The zero-order valence-electron chi connectivity index (χ0n) is 13.5. The summed E-state index contributed by atoms with van der Waals surface area (Å²) in [5, 5.41) is 0. The Kier molecular flexibility index (Phi) is 5.18. The summed E-state index contributed by atoms with van der Waals surface area (Å²) in [4.78, 5) is 35.3. The summed E-state index contributed by atoms with van der Waals surface area (Å²) in [6.07, 6.45) is -0.931. The number of benzene rings is 1. The molecule has 0 amide bonds. The third-order valence-electron chi connectivity index (χ3n) is 3.45. The number of esters is 1. The summed E-state index contributed by atoms with van der Waals surface area (Å²) >= 11 is 0. The van der Waals surface area contributed by atoms with Crippen molar-refractivity contribution < 1.29 is 18.7 Å². The first-order valence-corrected chi connectivity index (χ1v) is 7.14. The summed E-state index contributed by atoms with van der Waals surface area (Å²) in [6.45, 7) is 1.24. The van der Waals surface area contributed by atoms with Gasteiger partial charge in [-0.05, 0) is 31.2 Å². The van der Waals surface area contributed by atoms with Crippen molar-refractivity contribution >= 4 is 5.97 Å². The number of aromatic nitrogens is 2. The van der Waals surface area contributed by atoms with E-state index in [9.17, 15) is 18.8 Å². The van der Waals surface area contributed by atoms with Crippen molar-refractivity contribution in [1.29, 1.82) is 0 Å². The maximum atomic E-state index is 12.8. The van der Waals surface area contributed by atoms with Crippen molar-refractivity contribution in [2.75, 3.05) is 0 Å². The second kappa shape index (κ2) is 7.12. The second-order valence-corrected chi connectivity index (χ2v) is 5.20. The third-order valence-corrected chi connectivity index (χ3v) is 3.45. The Bertz CT molecular complexity index is 854. The summed E-state index contributed by atoms with van der Waals surface area (Å²) in [5.74, 6) is -0.765. The first kappa shape index (κ1) is 17.5. The fourth-order valence-corrected chi connectivity index (χ4v) is 1.94. The molecule has 7 nitrogen and oxygen atoms in total. The molecule has 0 aliphatic rings. The second-order valence-electron chi connectivity index (χ2n) is 5.20. The molecule has 1 aromatic heterocycles. The molecule has 0 fully saturated rings. The Balaban J connectivity index is 2.01. The molecule has 2 rings (SSSR count). The average Bonchev–Trinajstić information content (AvgIpc) is 2.56. The lowest BCUT2D eigenvalue weighted by Gasteiger charge is -2.15. The minimum atomic E-state index is -0.931. The number of rotatable bonds is 5. The van der Waals surface area contributed by atoms with E-state index in [1.54, 1.807) is 0 Å². The van der Waals surface area contributed by atoms with Crippen LogP contribution in [0.2, 0.25) is 0 Å². The minimum absolute atomic E-state index is 0.238. The normalized spacial score (nSPS) is 11.8. The monoisotopic (exact) mass is 336 g/mol. The summed E-state index contributed by atoms with van der Waals surface area (Å²) in [6, 6.07) is 6.43. The molecule has 1 aromatic carbocycles. The molecule has 0 saturated heterocycles. The van der Waals surface area contributed by atoms with Crippen molar-refractivity contribution in [1.82, 2.24) is 9.13 Å². The van der Waals surface area contributed by atoms with E-state index in [0.29, 0.717) is 5.75 Å². The highest BCUT2D eigenvalue weighted by Gasteiger charge is 2.17. The van der Waals surface area contributed by atoms with Crippen LogP contribution in [-0.4, -0.2) is 21.2 Å². The number of carbonyl (C=O) groups is 1. The maximum Gasteiger partial charge on any atom is 0.347 e. The van der Waals surface area contributed by atoms with E-state index < -0.39 is 29.1 Å². The van der Waals surface area contributed by atoms with Gasteiger partial charge in [-0.3, -0.25) is 13.9 Å². The van der Waals surface area contributed by atoms with Crippen LogP contribution in [0.4, 0.5) is 4.39 Å². The number of carbonyl (C=O) groups excluding carboxylic acids is 1. The van der Waals surface area contributed by atoms with E-state index in [1.165, 1.54) is 55.9 Å². The molecule has 0 aliphatic carbocycles. The van der Waals surface area contributed by atoms with E-state index in [4.69, 9.17) is 9.47 Å². The Morgan fingerprint density at radius 1 is 1.17 bits per heavy atom. The van der Waals surface area contributed by atoms with Gasteiger partial charge in [0.25, 0.3) is 5.56 Å². The molecule has 1 unspecified atom stereocenters. The van der Waals surface area contributed by atoms with Crippen LogP contribution >= 0.6 is 0 Å². The number of ether oxygens (including phenoxy) is 2. The van der Waals surface area contributed by atoms with Crippen LogP contribution in [0, 0.1) is 5.82 Å². The van der Waals surface area contributed by atoms with Crippen molar-refractivity contribution in [3.05, 3.63) is 62.7 Å². The minimum Gasteiger partial charge on any atom is -0.479 e. The highest BCUT2D eigenvalue weighted by Crippen LogP contribution is 2.13. The number of hydrogen-bond donors (Lipinski definition) is 0. The molecular weight excluding hydrogens is 319 g/mol. The van der Waals surface area contributed by atoms with Crippen LogP contribution < -0.4 is 16.0 Å². The van der Waals surface area contributed by atoms with Gasteiger partial charge in [0.2, 0.25) is 0 Å². The molecule has 0 spiro atoms. The molecule has 0 radical (unpaired) electrons.